The average molecular weight is 196 g/mol. The maximum absolute atomic E-state index is 10.1. The van der Waals surface area contributed by atoms with Crippen LogP contribution < -0.4 is 0 Å². The summed E-state index contributed by atoms with van der Waals surface area (Å²) in [5, 5.41) is 10.2. The Kier molecular flexibility index (Phi) is 3.18. The quantitative estimate of drug-likeness (QED) is 0.600. The summed E-state index contributed by atoms with van der Waals surface area (Å²) in [6, 6.07) is 0. The van der Waals surface area contributed by atoms with Crippen LogP contribution in [-0.2, 0) is 4.74 Å². The van der Waals surface area contributed by atoms with Crippen LogP contribution in [0.25, 0.3) is 0 Å². The molecule has 2 rings (SSSR count). The van der Waals surface area contributed by atoms with Crippen molar-refractivity contribution < 1.29 is 9.84 Å². The van der Waals surface area contributed by atoms with Gasteiger partial charge >= 0.3 is 0 Å². The fraction of sp³-hybridized carbons (Fsp3) is 1.00. The SMILES string of the molecule is CC1CBC2(CCCCC2)C(O)OC1. The second-order valence-electron chi connectivity index (χ2n) is 5.25. The molecule has 1 saturated carbocycles. The van der Waals surface area contributed by atoms with E-state index in [-0.39, 0.29) is 5.31 Å². The van der Waals surface area contributed by atoms with Crippen LogP contribution >= 0.6 is 0 Å². The van der Waals surface area contributed by atoms with Crippen LogP contribution in [0.3, 0.4) is 0 Å². The van der Waals surface area contributed by atoms with E-state index in [0.29, 0.717) is 5.92 Å². The van der Waals surface area contributed by atoms with Gasteiger partial charge in [-0.3, -0.25) is 0 Å². The first-order valence-electron chi connectivity index (χ1n) is 6.03. The van der Waals surface area contributed by atoms with Crippen molar-refractivity contribution in [2.75, 3.05) is 6.61 Å². The Hall–Kier alpha value is -0.0151. The molecule has 2 fully saturated rings. The van der Waals surface area contributed by atoms with Crippen molar-refractivity contribution in [3.8, 4) is 0 Å². The molecular weight excluding hydrogens is 175 g/mol. The molecule has 2 atom stereocenters. The van der Waals surface area contributed by atoms with Crippen LogP contribution in [-0.4, -0.2) is 25.3 Å². The van der Waals surface area contributed by atoms with Crippen LogP contribution in [0.1, 0.15) is 39.0 Å². The number of rotatable bonds is 0. The summed E-state index contributed by atoms with van der Waals surface area (Å²) in [6.07, 6.45) is 6.94. The first-order valence-corrected chi connectivity index (χ1v) is 6.03. The van der Waals surface area contributed by atoms with Crippen LogP contribution in [0.4, 0.5) is 0 Å². The third-order valence-corrected chi connectivity index (χ3v) is 4.05. The van der Waals surface area contributed by atoms with E-state index in [1.165, 1.54) is 38.4 Å². The van der Waals surface area contributed by atoms with Crippen molar-refractivity contribution in [1.82, 2.24) is 0 Å². The first kappa shape index (κ1) is 10.5. The topological polar surface area (TPSA) is 29.5 Å². The van der Waals surface area contributed by atoms with Crippen molar-refractivity contribution in [3.63, 3.8) is 0 Å². The lowest BCUT2D eigenvalue weighted by Crippen LogP contribution is -2.35. The van der Waals surface area contributed by atoms with E-state index in [1.807, 2.05) is 0 Å². The van der Waals surface area contributed by atoms with Crippen LogP contribution in [0.5, 0.6) is 0 Å². The molecule has 0 bridgehead atoms. The Labute approximate surface area is 87.3 Å². The molecule has 0 aromatic carbocycles. The Bertz CT molecular complexity index is 190. The van der Waals surface area contributed by atoms with Gasteiger partial charge in [0.2, 0.25) is 0 Å². The Morgan fingerprint density at radius 1 is 1.29 bits per heavy atom. The molecule has 0 aromatic rings. The summed E-state index contributed by atoms with van der Waals surface area (Å²) in [6.45, 7) is 2.96. The summed E-state index contributed by atoms with van der Waals surface area (Å²) >= 11 is 0. The summed E-state index contributed by atoms with van der Waals surface area (Å²) in [5.74, 6) is 0.617. The van der Waals surface area contributed by atoms with Gasteiger partial charge in [-0.1, -0.05) is 32.5 Å². The summed E-state index contributed by atoms with van der Waals surface area (Å²) in [4.78, 5) is 0. The fourth-order valence-electron chi connectivity index (χ4n) is 2.93. The summed E-state index contributed by atoms with van der Waals surface area (Å²) in [7, 11) is 1.16. The van der Waals surface area contributed by atoms with Gasteiger partial charge in [-0.25, -0.2) is 0 Å². The number of hydrogen-bond acceptors (Lipinski definition) is 2. The molecule has 0 amide bonds. The lowest BCUT2D eigenvalue weighted by atomic mass is 9.44. The molecule has 1 N–H and O–H groups in total. The van der Waals surface area contributed by atoms with E-state index in [4.69, 9.17) is 4.74 Å². The maximum atomic E-state index is 10.1. The minimum atomic E-state index is -0.493. The molecule has 0 radical (unpaired) electrons. The molecule has 2 nitrogen and oxygen atoms in total. The molecule has 1 aliphatic heterocycles. The second-order valence-corrected chi connectivity index (χ2v) is 5.25. The van der Waals surface area contributed by atoms with E-state index in [0.717, 1.165) is 13.9 Å². The number of hydrogen-bond donors (Lipinski definition) is 1. The highest BCUT2D eigenvalue weighted by Gasteiger charge is 2.42. The van der Waals surface area contributed by atoms with Gasteiger partial charge in [0.05, 0.1) is 6.61 Å². The normalized spacial score (nSPS) is 37.6. The van der Waals surface area contributed by atoms with Gasteiger partial charge in [0, 0.05) is 0 Å². The minimum absolute atomic E-state index is 0.114. The van der Waals surface area contributed by atoms with E-state index >= 15 is 0 Å². The molecule has 1 saturated heterocycles. The Balaban J connectivity index is 2.06. The number of ether oxygens (including phenoxy) is 1. The largest absolute Gasteiger partial charge is 0.368 e. The van der Waals surface area contributed by atoms with Crippen LogP contribution in [0.2, 0.25) is 11.6 Å². The van der Waals surface area contributed by atoms with Gasteiger partial charge in [0.25, 0.3) is 0 Å². The van der Waals surface area contributed by atoms with Gasteiger partial charge in [0.1, 0.15) is 7.28 Å². The third kappa shape index (κ3) is 1.99. The maximum Gasteiger partial charge on any atom is 0.153 e. The molecule has 1 heterocycles. The zero-order valence-electron chi connectivity index (χ0n) is 9.17. The molecule has 2 unspecified atom stereocenters. The van der Waals surface area contributed by atoms with Crippen molar-refractivity contribution in [1.29, 1.82) is 0 Å². The molecule has 0 aromatic heterocycles. The van der Waals surface area contributed by atoms with E-state index in [2.05, 4.69) is 6.92 Å². The second kappa shape index (κ2) is 4.24. The van der Waals surface area contributed by atoms with Crippen LogP contribution in [0.15, 0.2) is 0 Å². The van der Waals surface area contributed by atoms with Crippen molar-refractivity contribution in [2.24, 2.45) is 5.92 Å². The molecule has 14 heavy (non-hydrogen) atoms. The average Bonchev–Trinajstić information content (AvgIpc) is 2.35. The minimum Gasteiger partial charge on any atom is -0.368 e. The molecule has 2 aliphatic rings. The van der Waals surface area contributed by atoms with Gasteiger partial charge < -0.3 is 9.84 Å². The van der Waals surface area contributed by atoms with Gasteiger partial charge in [-0.15, -0.1) is 0 Å². The molecule has 1 spiro atoms. The van der Waals surface area contributed by atoms with Crippen molar-refractivity contribution in [3.05, 3.63) is 0 Å². The zero-order chi connectivity index (χ0) is 10.0. The number of aliphatic hydroxyl groups excluding tert-OH is 1. The lowest BCUT2D eigenvalue weighted by molar-refractivity contribution is -0.136. The fourth-order valence-corrected chi connectivity index (χ4v) is 2.93. The molecule has 80 valence electrons. The molecular formula is C11H21BO2. The predicted molar refractivity (Wildman–Crippen MR) is 58.9 cm³/mol. The standard InChI is InChI=1S/C11H21BO2/c1-9-7-12-11(10(13)14-8-9)5-3-2-4-6-11/h9-10,12-13H,2-8H2,1H3. The van der Waals surface area contributed by atoms with Crippen LogP contribution in [0, 0.1) is 5.92 Å². The highest BCUT2D eigenvalue weighted by molar-refractivity contribution is 6.40. The van der Waals surface area contributed by atoms with E-state index in [1.54, 1.807) is 0 Å². The Morgan fingerprint density at radius 3 is 2.71 bits per heavy atom. The van der Waals surface area contributed by atoms with Gasteiger partial charge in [-0.2, -0.15) is 0 Å². The smallest absolute Gasteiger partial charge is 0.153 e. The van der Waals surface area contributed by atoms with E-state index in [9.17, 15) is 5.11 Å². The van der Waals surface area contributed by atoms with Crippen molar-refractivity contribution in [2.45, 2.75) is 57.0 Å². The highest BCUT2D eigenvalue weighted by atomic mass is 16.6. The van der Waals surface area contributed by atoms with Crippen molar-refractivity contribution >= 4 is 7.28 Å². The lowest BCUT2D eigenvalue weighted by Gasteiger charge is -2.39. The monoisotopic (exact) mass is 196 g/mol. The Morgan fingerprint density at radius 2 is 2.00 bits per heavy atom. The first-order chi connectivity index (χ1) is 6.73. The zero-order valence-corrected chi connectivity index (χ0v) is 9.17. The third-order valence-electron chi connectivity index (χ3n) is 4.05. The number of aliphatic hydroxyl groups is 1. The van der Waals surface area contributed by atoms with Gasteiger partial charge in [0.15, 0.2) is 6.29 Å². The van der Waals surface area contributed by atoms with E-state index < -0.39 is 6.29 Å². The molecule has 1 aliphatic carbocycles. The van der Waals surface area contributed by atoms with Gasteiger partial charge in [-0.05, 0) is 24.1 Å². The highest BCUT2D eigenvalue weighted by Crippen LogP contribution is 2.47. The molecule has 3 heteroatoms. The summed E-state index contributed by atoms with van der Waals surface area (Å²) < 4.78 is 5.56. The summed E-state index contributed by atoms with van der Waals surface area (Å²) in [5.41, 5.74) is 0. The predicted octanol–water partition coefficient (Wildman–Crippen LogP) is 1.95.